The lowest BCUT2D eigenvalue weighted by Crippen LogP contribution is -1.95. The van der Waals surface area contributed by atoms with Crippen molar-refractivity contribution in [1.29, 1.82) is 5.26 Å². The van der Waals surface area contributed by atoms with Gasteiger partial charge in [-0.25, -0.2) is 4.68 Å². The second kappa shape index (κ2) is 6.29. The van der Waals surface area contributed by atoms with Crippen LogP contribution >= 0.6 is 11.8 Å². The van der Waals surface area contributed by atoms with Gasteiger partial charge >= 0.3 is 0 Å². The van der Waals surface area contributed by atoms with Crippen LogP contribution in [0.4, 0.5) is 0 Å². The molecule has 3 nitrogen and oxygen atoms in total. The van der Waals surface area contributed by atoms with Crippen molar-refractivity contribution in [3.05, 3.63) is 78.1 Å². The van der Waals surface area contributed by atoms with Crippen molar-refractivity contribution in [2.75, 3.05) is 0 Å². The molecule has 0 aliphatic rings. The Bertz CT molecular complexity index is 758. The molecule has 0 saturated carbocycles. The summed E-state index contributed by atoms with van der Waals surface area (Å²) in [6.45, 7) is 0. The quantitative estimate of drug-likeness (QED) is 0.681. The van der Waals surface area contributed by atoms with Crippen LogP contribution in [0.3, 0.4) is 0 Å². The molecule has 3 aromatic rings. The second-order valence-corrected chi connectivity index (χ2v) is 5.53. The van der Waals surface area contributed by atoms with Gasteiger partial charge in [0, 0.05) is 23.0 Å². The molecule has 0 spiro atoms. The van der Waals surface area contributed by atoms with Crippen molar-refractivity contribution in [2.45, 2.75) is 10.6 Å². The molecule has 0 fully saturated rings. The molecule has 0 atom stereocenters. The van der Waals surface area contributed by atoms with E-state index in [4.69, 9.17) is 0 Å². The third kappa shape index (κ3) is 3.15. The molecule has 1 aromatic heterocycles. The Morgan fingerprint density at radius 3 is 2.67 bits per heavy atom. The highest BCUT2D eigenvalue weighted by molar-refractivity contribution is 7.98. The Morgan fingerprint density at radius 1 is 1.10 bits per heavy atom. The highest BCUT2D eigenvalue weighted by Crippen LogP contribution is 2.27. The lowest BCUT2D eigenvalue weighted by atomic mass is 10.2. The van der Waals surface area contributed by atoms with E-state index in [9.17, 15) is 5.26 Å². The maximum atomic E-state index is 9.34. The molecule has 3 rings (SSSR count). The Balaban J connectivity index is 1.81. The van der Waals surface area contributed by atoms with Crippen LogP contribution in [-0.2, 0) is 5.75 Å². The Kier molecular flexibility index (Phi) is 4.04. The molecule has 0 aliphatic heterocycles. The molecular weight excluding hydrogens is 278 g/mol. The summed E-state index contributed by atoms with van der Waals surface area (Å²) in [5, 5.41) is 13.5. The number of benzene rings is 2. The largest absolute Gasteiger partial charge is 0.241 e. The number of hydrogen-bond acceptors (Lipinski definition) is 3. The van der Waals surface area contributed by atoms with E-state index >= 15 is 0 Å². The number of hydrogen-bond donors (Lipinski definition) is 0. The first-order valence-corrected chi connectivity index (χ1v) is 7.56. The molecule has 0 amide bonds. The summed E-state index contributed by atoms with van der Waals surface area (Å²) in [7, 11) is 0. The van der Waals surface area contributed by atoms with E-state index in [-0.39, 0.29) is 0 Å². The summed E-state index contributed by atoms with van der Waals surface area (Å²) in [5.41, 5.74) is 2.84. The van der Waals surface area contributed by atoms with Crippen molar-refractivity contribution < 1.29 is 0 Å². The van der Waals surface area contributed by atoms with Crippen LogP contribution in [0.25, 0.3) is 5.69 Å². The van der Waals surface area contributed by atoms with Gasteiger partial charge in [0.2, 0.25) is 0 Å². The SMILES string of the molecule is N#Cc1cc(-n2cccn2)ccc1SCc1ccccc1. The van der Waals surface area contributed by atoms with Crippen molar-refractivity contribution in [2.24, 2.45) is 0 Å². The molecule has 0 unspecified atom stereocenters. The van der Waals surface area contributed by atoms with Gasteiger partial charge in [-0.2, -0.15) is 10.4 Å². The van der Waals surface area contributed by atoms with Crippen molar-refractivity contribution in [3.63, 3.8) is 0 Å². The topological polar surface area (TPSA) is 41.6 Å². The summed E-state index contributed by atoms with van der Waals surface area (Å²) in [4.78, 5) is 0.997. The lowest BCUT2D eigenvalue weighted by molar-refractivity contribution is 0.878. The average Bonchev–Trinajstić information content (AvgIpc) is 3.08. The van der Waals surface area contributed by atoms with Crippen LogP contribution in [0.5, 0.6) is 0 Å². The molecule has 2 aromatic carbocycles. The van der Waals surface area contributed by atoms with E-state index in [2.05, 4.69) is 23.3 Å². The third-order valence-electron chi connectivity index (χ3n) is 3.09. The van der Waals surface area contributed by atoms with Gasteiger partial charge in [0.1, 0.15) is 6.07 Å². The minimum atomic E-state index is 0.684. The zero-order chi connectivity index (χ0) is 14.5. The van der Waals surface area contributed by atoms with Gasteiger partial charge in [-0.05, 0) is 29.8 Å². The number of nitriles is 1. The molecule has 0 bridgehead atoms. The van der Waals surface area contributed by atoms with E-state index in [1.165, 1.54) is 5.56 Å². The fourth-order valence-corrected chi connectivity index (χ4v) is 2.97. The van der Waals surface area contributed by atoms with E-state index < -0.39 is 0 Å². The zero-order valence-corrected chi connectivity index (χ0v) is 12.1. The van der Waals surface area contributed by atoms with Gasteiger partial charge < -0.3 is 0 Å². The summed E-state index contributed by atoms with van der Waals surface area (Å²) >= 11 is 1.68. The fraction of sp³-hybridized carbons (Fsp3) is 0.0588. The molecule has 21 heavy (non-hydrogen) atoms. The maximum Gasteiger partial charge on any atom is 0.100 e. The highest BCUT2D eigenvalue weighted by atomic mass is 32.2. The predicted molar refractivity (Wildman–Crippen MR) is 84.3 cm³/mol. The van der Waals surface area contributed by atoms with E-state index in [0.717, 1.165) is 16.3 Å². The van der Waals surface area contributed by atoms with Gasteiger partial charge in [0.15, 0.2) is 0 Å². The zero-order valence-electron chi connectivity index (χ0n) is 11.3. The van der Waals surface area contributed by atoms with Crippen LogP contribution < -0.4 is 0 Å². The first-order chi connectivity index (χ1) is 10.4. The number of nitrogens with zero attached hydrogens (tertiary/aromatic N) is 3. The average molecular weight is 291 g/mol. The summed E-state index contributed by atoms with van der Waals surface area (Å²) in [6, 6.07) is 20.2. The summed E-state index contributed by atoms with van der Waals surface area (Å²) < 4.78 is 1.76. The van der Waals surface area contributed by atoms with Crippen molar-refractivity contribution >= 4 is 11.8 Å². The number of aromatic nitrogens is 2. The van der Waals surface area contributed by atoms with Crippen molar-refractivity contribution in [1.82, 2.24) is 9.78 Å². The van der Waals surface area contributed by atoms with E-state index in [0.29, 0.717) is 5.56 Å². The Labute approximate surface area is 127 Å². The van der Waals surface area contributed by atoms with Crippen LogP contribution in [-0.4, -0.2) is 9.78 Å². The summed E-state index contributed by atoms with van der Waals surface area (Å²) in [5.74, 6) is 0.858. The van der Waals surface area contributed by atoms with Gasteiger partial charge in [0.05, 0.1) is 11.3 Å². The Hall–Kier alpha value is -2.51. The van der Waals surface area contributed by atoms with E-state index in [1.807, 2.05) is 48.7 Å². The van der Waals surface area contributed by atoms with Gasteiger partial charge in [-0.15, -0.1) is 11.8 Å². The first kappa shape index (κ1) is 13.5. The van der Waals surface area contributed by atoms with Crippen LogP contribution in [0.15, 0.2) is 71.9 Å². The van der Waals surface area contributed by atoms with Crippen LogP contribution in [0, 0.1) is 11.3 Å². The normalized spacial score (nSPS) is 10.2. The number of rotatable bonds is 4. The Morgan fingerprint density at radius 2 is 1.95 bits per heavy atom. The third-order valence-corrected chi connectivity index (χ3v) is 4.23. The molecule has 1 heterocycles. The van der Waals surface area contributed by atoms with Gasteiger partial charge in [-0.1, -0.05) is 30.3 Å². The molecule has 102 valence electrons. The first-order valence-electron chi connectivity index (χ1n) is 6.58. The minimum Gasteiger partial charge on any atom is -0.241 e. The van der Waals surface area contributed by atoms with Gasteiger partial charge in [-0.3, -0.25) is 0 Å². The standard InChI is InChI=1S/C17H13N3S/c18-12-15-11-16(20-10-4-9-19-20)7-8-17(15)21-13-14-5-2-1-3-6-14/h1-11H,13H2. The van der Waals surface area contributed by atoms with Gasteiger partial charge in [0.25, 0.3) is 0 Å². The molecule has 0 N–H and O–H groups in total. The molecule has 0 aliphatic carbocycles. The lowest BCUT2D eigenvalue weighted by Gasteiger charge is -2.07. The molecule has 0 saturated heterocycles. The predicted octanol–water partition coefficient (Wildman–Crippen LogP) is 4.04. The molecular formula is C17H13N3S. The highest BCUT2D eigenvalue weighted by Gasteiger charge is 2.06. The monoisotopic (exact) mass is 291 g/mol. The van der Waals surface area contributed by atoms with Crippen LogP contribution in [0.1, 0.15) is 11.1 Å². The second-order valence-electron chi connectivity index (χ2n) is 4.52. The van der Waals surface area contributed by atoms with E-state index in [1.54, 1.807) is 22.6 Å². The minimum absolute atomic E-state index is 0.684. The number of thioether (sulfide) groups is 1. The smallest absolute Gasteiger partial charge is 0.100 e. The van der Waals surface area contributed by atoms with Crippen LogP contribution in [0.2, 0.25) is 0 Å². The van der Waals surface area contributed by atoms with Crippen molar-refractivity contribution in [3.8, 4) is 11.8 Å². The fourth-order valence-electron chi connectivity index (χ4n) is 2.03. The molecule has 0 radical (unpaired) electrons. The summed E-state index contributed by atoms with van der Waals surface area (Å²) in [6.07, 6.45) is 3.59. The molecule has 4 heteroatoms. The maximum absolute atomic E-state index is 9.34.